The van der Waals surface area contributed by atoms with E-state index >= 15 is 0 Å². The number of hydrogen-bond donors (Lipinski definition) is 2. The Morgan fingerprint density at radius 1 is 0.609 bits per heavy atom. The fourth-order valence-corrected chi connectivity index (χ4v) is 1.97. The molecular formula is C19H16O4. The third-order valence-electron chi connectivity index (χ3n) is 2.94. The average Bonchev–Trinajstić information content (AvgIpc) is 2.57. The summed E-state index contributed by atoms with van der Waals surface area (Å²) in [6.45, 7) is 0. The lowest BCUT2D eigenvalue weighted by Gasteiger charge is -2.06. The molecule has 0 aromatic heterocycles. The zero-order valence-corrected chi connectivity index (χ0v) is 12.3. The van der Waals surface area contributed by atoms with Gasteiger partial charge in [0.05, 0.1) is 0 Å². The third kappa shape index (κ3) is 5.55. The summed E-state index contributed by atoms with van der Waals surface area (Å²) in [7, 11) is 0. The number of para-hydroxylation sites is 1. The number of carbonyl (C=O) groups is 1. The Morgan fingerprint density at radius 3 is 1.52 bits per heavy atom. The van der Waals surface area contributed by atoms with Crippen LogP contribution in [0, 0.1) is 0 Å². The van der Waals surface area contributed by atoms with Gasteiger partial charge >= 0.3 is 6.16 Å². The Bertz CT molecular complexity index is 718. The van der Waals surface area contributed by atoms with Gasteiger partial charge in [0.1, 0.15) is 11.5 Å². The highest BCUT2D eigenvalue weighted by molar-refractivity contribution is 5.64. The van der Waals surface area contributed by atoms with Crippen molar-refractivity contribution in [2.75, 3.05) is 0 Å². The predicted molar refractivity (Wildman–Crippen MR) is 89.0 cm³/mol. The first-order valence-corrected chi connectivity index (χ1v) is 6.95. The number of hydrogen-bond acceptors (Lipinski definition) is 2. The molecule has 0 saturated carbocycles. The van der Waals surface area contributed by atoms with Crippen LogP contribution in [-0.4, -0.2) is 16.4 Å². The molecule has 2 N–H and O–H groups in total. The van der Waals surface area contributed by atoms with E-state index in [0.717, 1.165) is 11.5 Å². The standard InChI is InChI=1S/C18H14O.CH2O3/c1-3-7-15(8-4-1)16-11-13-18(14-12-16)19-17-9-5-2-6-10-17;2-1(3)4/h1-14H;(H2,2,3,4). The predicted octanol–water partition coefficient (Wildman–Crippen LogP) is 5.37. The van der Waals surface area contributed by atoms with E-state index in [1.807, 2.05) is 60.7 Å². The minimum Gasteiger partial charge on any atom is -0.457 e. The summed E-state index contributed by atoms with van der Waals surface area (Å²) >= 11 is 0. The van der Waals surface area contributed by atoms with Gasteiger partial charge in [-0.3, -0.25) is 0 Å². The van der Waals surface area contributed by atoms with Crippen molar-refractivity contribution in [3.05, 3.63) is 84.9 Å². The van der Waals surface area contributed by atoms with E-state index in [0.29, 0.717) is 0 Å². The van der Waals surface area contributed by atoms with Crippen LogP contribution in [0.3, 0.4) is 0 Å². The molecule has 3 aromatic rings. The lowest BCUT2D eigenvalue weighted by atomic mass is 10.1. The molecule has 3 rings (SSSR count). The summed E-state index contributed by atoms with van der Waals surface area (Å²) < 4.78 is 5.77. The zero-order valence-electron chi connectivity index (χ0n) is 12.3. The van der Waals surface area contributed by atoms with Crippen molar-refractivity contribution in [3.63, 3.8) is 0 Å². The molecule has 0 aliphatic rings. The van der Waals surface area contributed by atoms with Crippen LogP contribution in [0.5, 0.6) is 11.5 Å². The lowest BCUT2D eigenvalue weighted by molar-refractivity contribution is 0.137. The van der Waals surface area contributed by atoms with Crippen LogP contribution in [0.25, 0.3) is 11.1 Å². The molecule has 4 heteroatoms. The van der Waals surface area contributed by atoms with Gasteiger partial charge in [0.2, 0.25) is 0 Å². The van der Waals surface area contributed by atoms with Gasteiger partial charge in [0.25, 0.3) is 0 Å². The minimum atomic E-state index is -1.83. The molecule has 0 aliphatic carbocycles. The van der Waals surface area contributed by atoms with E-state index in [-0.39, 0.29) is 0 Å². The SMILES string of the molecule is O=C(O)O.c1ccc(Oc2ccc(-c3ccccc3)cc2)cc1. The summed E-state index contributed by atoms with van der Waals surface area (Å²) in [5, 5.41) is 13.9. The van der Waals surface area contributed by atoms with Gasteiger partial charge in [-0.2, -0.15) is 0 Å². The van der Waals surface area contributed by atoms with Crippen LogP contribution in [0.4, 0.5) is 4.79 Å². The summed E-state index contributed by atoms with van der Waals surface area (Å²) in [6.07, 6.45) is -1.83. The maximum absolute atomic E-state index is 8.56. The minimum absolute atomic E-state index is 0.853. The van der Waals surface area contributed by atoms with Crippen LogP contribution in [0.1, 0.15) is 0 Å². The topological polar surface area (TPSA) is 66.8 Å². The molecule has 3 aromatic carbocycles. The molecule has 0 radical (unpaired) electrons. The largest absolute Gasteiger partial charge is 0.503 e. The third-order valence-corrected chi connectivity index (χ3v) is 2.94. The first-order chi connectivity index (χ1) is 11.1. The lowest BCUT2D eigenvalue weighted by Crippen LogP contribution is -1.83. The fraction of sp³-hybridized carbons (Fsp3) is 0. The Balaban J connectivity index is 0.000000433. The van der Waals surface area contributed by atoms with Gasteiger partial charge in [-0.25, -0.2) is 4.79 Å². The van der Waals surface area contributed by atoms with E-state index < -0.39 is 6.16 Å². The second kappa shape index (κ2) is 8.24. The summed E-state index contributed by atoms with van der Waals surface area (Å²) in [5.41, 5.74) is 2.41. The molecule has 0 spiro atoms. The van der Waals surface area contributed by atoms with Crippen molar-refractivity contribution in [1.29, 1.82) is 0 Å². The molecule has 0 bridgehead atoms. The van der Waals surface area contributed by atoms with E-state index in [2.05, 4.69) is 24.3 Å². The highest BCUT2D eigenvalue weighted by Crippen LogP contribution is 2.25. The molecule has 0 amide bonds. The quantitative estimate of drug-likeness (QED) is 0.682. The first kappa shape index (κ1) is 16.1. The Hall–Kier alpha value is -3.27. The van der Waals surface area contributed by atoms with Crippen LogP contribution in [0.15, 0.2) is 84.9 Å². The second-order valence-electron chi connectivity index (χ2n) is 4.59. The summed E-state index contributed by atoms with van der Waals surface area (Å²) in [5.74, 6) is 1.71. The number of ether oxygens (including phenoxy) is 1. The van der Waals surface area contributed by atoms with Crippen molar-refractivity contribution in [3.8, 4) is 22.6 Å². The number of benzene rings is 3. The number of rotatable bonds is 3. The smallest absolute Gasteiger partial charge is 0.457 e. The molecule has 0 aliphatic heterocycles. The average molecular weight is 308 g/mol. The Labute approximate surface area is 134 Å². The van der Waals surface area contributed by atoms with Gasteiger partial charge < -0.3 is 14.9 Å². The van der Waals surface area contributed by atoms with Gasteiger partial charge in [0, 0.05) is 0 Å². The molecule has 0 atom stereocenters. The van der Waals surface area contributed by atoms with E-state index in [9.17, 15) is 0 Å². The zero-order chi connectivity index (χ0) is 16.5. The highest BCUT2D eigenvalue weighted by atomic mass is 16.6. The Morgan fingerprint density at radius 2 is 1.00 bits per heavy atom. The molecule has 23 heavy (non-hydrogen) atoms. The van der Waals surface area contributed by atoms with Crippen molar-refractivity contribution >= 4 is 6.16 Å². The van der Waals surface area contributed by atoms with E-state index in [1.54, 1.807) is 0 Å². The van der Waals surface area contributed by atoms with E-state index in [1.165, 1.54) is 11.1 Å². The molecule has 0 fully saturated rings. The Kier molecular flexibility index (Phi) is 5.77. The normalized spacial score (nSPS) is 9.39. The van der Waals surface area contributed by atoms with Crippen LogP contribution < -0.4 is 4.74 Å². The maximum atomic E-state index is 8.56. The van der Waals surface area contributed by atoms with Gasteiger partial charge in [-0.05, 0) is 35.4 Å². The second-order valence-corrected chi connectivity index (χ2v) is 4.59. The van der Waals surface area contributed by atoms with Crippen molar-refractivity contribution in [1.82, 2.24) is 0 Å². The van der Waals surface area contributed by atoms with Crippen molar-refractivity contribution in [2.45, 2.75) is 0 Å². The molecule has 4 nitrogen and oxygen atoms in total. The van der Waals surface area contributed by atoms with Crippen molar-refractivity contribution < 1.29 is 19.7 Å². The molecule has 116 valence electrons. The summed E-state index contributed by atoms with van der Waals surface area (Å²) in [4.78, 5) is 8.56. The van der Waals surface area contributed by atoms with Crippen LogP contribution >= 0.6 is 0 Å². The summed E-state index contributed by atoms with van der Waals surface area (Å²) in [6, 6.07) is 28.3. The van der Waals surface area contributed by atoms with Gasteiger partial charge in [-0.1, -0.05) is 60.7 Å². The van der Waals surface area contributed by atoms with Gasteiger partial charge in [0.15, 0.2) is 0 Å². The van der Waals surface area contributed by atoms with E-state index in [4.69, 9.17) is 19.7 Å². The number of carboxylic acid groups (broad SMARTS) is 2. The van der Waals surface area contributed by atoms with Crippen LogP contribution in [0.2, 0.25) is 0 Å². The molecule has 0 saturated heterocycles. The highest BCUT2D eigenvalue weighted by Gasteiger charge is 1.99. The monoisotopic (exact) mass is 308 g/mol. The fourth-order valence-electron chi connectivity index (χ4n) is 1.97. The van der Waals surface area contributed by atoms with Gasteiger partial charge in [-0.15, -0.1) is 0 Å². The molecular weight excluding hydrogens is 292 g/mol. The first-order valence-electron chi connectivity index (χ1n) is 6.95. The molecule has 0 heterocycles. The molecule has 0 unspecified atom stereocenters. The van der Waals surface area contributed by atoms with Crippen molar-refractivity contribution in [2.24, 2.45) is 0 Å². The maximum Gasteiger partial charge on any atom is 0.503 e. The van der Waals surface area contributed by atoms with Crippen LogP contribution in [-0.2, 0) is 0 Å².